The number of thiocarbonyl (C=S) groups is 1. The van der Waals surface area contributed by atoms with Crippen LogP contribution >= 0.6 is 24.0 Å². The van der Waals surface area contributed by atoms with Gasteiger partial charge in [-0.2, -0.15) is 11.8 Å². The predicted molar refractivity (Wildman–Crippen MR) is 93.7 cm³/mol. The molecule has 0 aromatic rings. The Bertz CT molecular complexity index is 375. The van der Waals surface area contributed by atoms with Gasteiger partial charge in [0, 0.05) is 19.1 Å². The molecule has 6 heteroatoms. The topological polar surface area (TPSA) is 58.4 Å². The van der Waals surface area contributed by atoms with Crippen LogP contribution in [0.5, 0.6) is 0 Å². The van der Waals surface area contributed by atoms with E-state index in [4.69, 9.17) is 18.0 Å². The van der Waals surface area contributed by atoms with Crippen LogP contribution < -0.4 is 11.1 Å². The fraction of sp³-hybridized carbons (Fsp3) is 0.867. The number of thioether (sulfide) groups is 1. The minimum Gasteiger partial charge on any atom is -0.392 e. The lowest BCUT2D eigenvalue weighted by Gasteiger charge is -2.39. The minimum atomic E-state index is -0.0638. The molecule has 2 fully saturated rings. The standard InChI is InChI=1S/C15H27N3OS2/c1-21-15(14(16)20)7-9-18(10-8-15)11-13(19)17-12-5-3-2-4-6-12/h12H,2-11H2,1H3,(H2,16,20)(H,17,19). The number of piperidine rings is 1. The molecule has 3 N–H and O–H groups in total. The lowest BCUT2D eigenvalue weighted by molar-refractivity contribution is -0.123. The Kier molecular flexibility index (Phi) is 6.32. The summed E-state index contributed by atoms with van der Waals surface area (Å²) in [6, 6.07) is 0.401. The molecule has 4 nitrogen and oxygen atoms in total. The summed E-state index contributed by atoms with van der Waals surface area (Å²) in [6.45, 7) is 2.31. The molecule has 1 amide bonds. The Morgan fingerprint density at radius 2 is 1.95 bits per heavy atom. The number of hydrogen-bond acceptors (Lipinski definition) is 4. The molecule has 0 spiro atoms. The molecular weight excluding hydrogens is 302 g/mol. The van der Waals surface area contributed by atoms with Crippen LogP contribution in [0, 0.1) is 0 Å². The van der Waals surface area contributed by atoms with Gasteiger partial charge in [0.05, 0.1) is 16.3 Å². The molecule has 120 valence electrons. The van der Waals surface area contributed by atoms with Crippen LogP contribution in [0.15, 0.2) is 0 Å². The van der Waals surface area contributed by atoms with Gasteiger partial charge in [0.1, 0.15) is 0 Å². The number of hydrogen-bond donors (Lipinski definition) is 2. The zero-order valence-electron chi connectivity index (χ0n) is 12.9. The minimum absolute atomic E-state index is 0.0638. The van der Waals surface area contributed by atoms with Gasteiger partial charge in [0.25, 0.3) is 0 Å². The number of carbonyl (C=O) groups is 1. The molecule has 0 unspecified atom stereocenters. The SMILES string of the molecule is CSC1(C(N)=S)CCN(CC(=O)NC2CCCCC2)CC1. The van der Waals surface area contributed by atoms with Crippen molar-refractivity contribution in [1.29, 1.82) is 0 Å². The maximum atomic E-state index is 12.1. The van der Waals surface area contributed by atoms with Crippen molar-refractivity contribution in [2.24, 2.45) is 5.73 Å². The van der Waals surface area contributed by atoms with Gasteiger partial charge in [-0.05, 0) is 31.9 Å². The van der Waals surface area contributed by atoms with E-state index in [9.17, 15) is 4.79 Å². The van der Waals surface area contributed by atoms with E-state index in [0.717, 1.165) is 38.8 Å². The zero-order valence-corrected chi connectivity index (χ0v) is 14.5. The Balaban J connectivity index is 1.75. The third kappa shape index (κ3) is 4.57. The van der Waals surface area contributed by atoms with Gasteiger partial charge in [-0.1, -0.05) is 31.5 Å². The summed E-state index contributed by atoms with van der Waals surface area (Å²) < 4.78 is -0.0638. The smallest absolute Gasteiger partial charge is 0.234 e. The van der Waals surface area contributed by atoms with E-state index in [1.807, 2.05) is 0 Å². The lowest BCUT2D eigenvalue weighted by Crippen LogP contribution is -2.51. The van der Waals surface area contributed by atoms with Crippen LogP contribution in [0.25, 0.3) is 0 Å². The number of carbonyl (C=O) groups excluding carboxylic acids is 1. The van der Waals surface area contributed by atoms with Crippen molar-refractivity contribution >= 4 is 34.9 Å². The van der Waals surface area contributed by atoms with E-state index >= 15 is 0 Å². The highest BCUT2D eigenvalue weighted by molar-refractivity contribution is 8.02. The summed E-state index contributed by atoms with van der Waals surface area (Å²) in [5.74, 6) is 0.175. The van der Waals surface area contributed by atoms with E-state index in [-0.39, 0.29) is 10.7 Å². The number of amides is 1. The monoisotopic (exact) mass is 329 g/mol. The van der Waals surface area contributed by atoms with Crippen molar-refractivity contribution in [3.05, 3.63) is 0 Å². The van der Waals surface area contributed by atoms with Crippen LogP contribution in [-0.4, -0.2) is 52.5 Å². The molecule has 21 heavy (non-hydrogen) atoms. The van der Waals surface area contributed by atoms with E-state index in [1.54, 1.807) is 11.8 Å². The van der Waals surface area contributed by atoms with Crippen LogP contribution in [0.2, 0.25) is 0 Å². The van der Waals surface area contributed by atoms with Gasteiger partial charge in [0.2, 0.25) is 5.91 Å². The normalized spacial score (nSPS) is 23.7. The molecule has 0 radical (unpaired) electrons. The Morgan fingerprint density at radius 1 is 1.33 bits per heavy atom. The average Bonchev–Trinajstić information content (AvgIpc) is 2.49. The average molecular weight is 330 g/mol. The molecule has 1 saturated carbocycles. The van der Waals surface area contributed by atoms with Gasteiger partial charge in [0.15, 0.2) is 0 Å². The third-order valence-electron chi connectivity index (χ3n) is 4.84. The molecule has 0 bridgehead atoms. The first-order valence-corrected chi connectivity index (χ1v) is 9.56. The molecule has 1 aliphatic heterocycles. The second-order valence-corrected chi connectivity index (χ2v) is 7.87. The number of nitrogens with two attached hydrogens (primary N) is 1. The van der Waals surface area contributed by atoms with Crippen molar-refractivity contribution in [3.63, 3.8) is 0 Å². The van der Waals surface area contributed by atoms with Gasteiger partial charge in [-0.3, -0.25) is 9.69 Å². The molecule has 1 aliphatic carbocycles. The van der Waals surface area contributed by atoms with Crippen molar-refractivity contribution in [1.82, 2.24) is 10.2 Å². The number of nitrogens with one attached hydrogen (secondary N) is 1. The largest absolute Gasteiger partial charge is 0.392 e. The summed E-state index contributed by atoms with van der Waals surface area (Å²) in [4.78, 5) is 15.0. The molecule has 1 heterocycles. The summed E-state index contributed by atoms with van der Waals surface area (Å²) in [7, 11) is 0. The second-order valence-electron chi connectivity index (χ2n) is 6.24. The quantitative estimate of drug-likeness (QED) is 0.755. The molecule has 1 saturated heterocycles. The number of nitrogens with zero attached hydrogens (tertiary/aromatic N) is 1. The number of rotatable bonds is 5. The molecule has 0 atom stereocenters. The maximum Gasteiger partial charge on any atom is 0.234 e. The summed E-state index contributed by atoms with van der Waals surface area (Å²) in [5, 5.41) is 3.19. The number of likely N-dealkylation sites (tertiary alicyclic amines) is 1. The van der Waals surface area contributed by atoms with Crippen LogP contribution in [0.1, 0.15) is 44.9 Å². The summed E-state index contributed by atoms with van der Waals surface area (Å²) in [6.07, 6.45) is 10.1. The van der Waals surface area contributed by atoms with Crippen LogP contribution in [0.4, 0.5) is 0 Å². The van der Waals surface area contributed by atoms with E-state index in [0.29, 0.717) is 17.6 Å². The molecule has 2 aliphatic rings. The maximum absolute atomic E-state index is 12.1. The van der Waals surface area contributed by atoms with E-state index in [1.165, 1.54) is 19.3 Å². The zero-order chi connectivity index (χ0) is 15.3. The van der Waals surface area contributed by atoms with Crippen molar-refractivity contribution in [2.45, 2.75) is 55.7 Å². The van der Waals surface area contributed by atoms with Gasteiger partial charge >= 0.3 is 0 Å². The predicted octanol–water partition coefficient (Wildman–Crippen LogP) is 1.92. The van der Waals surface area contributed by atoms with E-state index < -0.39 is 0 Å². The van der Waals surface area contributed by atoms with Gasteiger partial charge in [-0.15, -0.1) is 0 Å². The van der Waals surface area contributed by atoms with Gasteiger partial charge in [-0.25, -0.2) is 0 Å². The fourth-order valence-electron chi connectivity index (χ4n) is 3.35. The molecule has 0 aromatic heterocycles. The Hall–Kier alpha value is -0.330. The first kappa shape index (κ1) is 17.0. The first-order chi connectivity index (χ1) is 10.1. The Morgan fingerprint density at radius 3 is 2.48 bits per heavy atom. The molecular formula is C15H27N3OS2. The highest BCUT2D eigenvalue weighted by atomic mass is 32.2. The molecule has 0 aromatic carbocycles. The first-order valence-electron chi connectivity index (χ1n) is 7.92. The van der Waals surface area contributed by atoms with Crippen molar-refractivity contribution in [2.75, 3.05) is 25.9 Å². The van der Waals surface area contributed by atoms with Gasteiger partial charge < -0.3 is 11.1 Å². The molecule has 2 rings (SSSR count). The fourth-order valence-corrected chi connectivity index (χ4v) is 4.59. The third-order valence-corrected chi connectivity index (χ3v) is 6.77. The van der Waals surface area contributed by atoms with Crippen LogP contribution in [-0.2, 0) is 4.79 Å². The summed E-state index contributed by atoms with van der Waals surface area (Å²) in [5.41, 5.74) is 5.90. The Labute approximate surface area is 137 Å². The summed E-state index contributed by atoms with van der Waals surface area (Å²) >= 11 is 6.98. The van der Waals surface area contributed by atoms with Crippen LogP contribution in [0.3, 0.4) is 0 Å². The highest BCUT2D eigenvalue weighted by Gasteiger charge is 2.36. The second kappa shape index (κ2) is 7.79. The highest BCUT2D eigenvalue weighted by Crippen LogP contribution is 2.34. The van der Waals surface area contributed by atoms with E-state index in [2.05, 4.69) is 16.5 Å². The van der Waals surface area contributed by atoms with Crippen molar-refractivity contribution in [3.8, 4) is 0 Å². The van der Waals surface area contributed by atoms with Crippen molar-refractivity contribution < 1.29 is 4.79 Å². The lowest BCUT2D eigenvalue weighted by atomic mass is 9.95.